The zero-order valence-electron chi connectivity index (χ0n) is 9.48. The molecule has 0 bridgehead atoms. The fourth-order valence-corrected chi connectivity index (χ4v) is 2.40. The van der Waals surface area contributed by atoms with Gasteiger partial charge in [-0.25, -0.2) is 0 Å². The molecule has 0 amide bonds. The summed E-state index contributed by atoms with van der Waals surface area (Å²) in [4.78, 5) is 0. The summed E-state index contributed by atoms with van der Waals surface area (Å²) in [6, 6.07) is 1.38. The second-order valence-electron chi connectivity index (χ2n) is 3.82. The van der Waals surface area contributed by atoms with Crippen molar-refractivity contribution in [1.29, 1.82) is 0 Å². The van der Waals surface area contributed by atoms with Gasteiger partial charge in [0.2, 0.25) is 0 Å². The molecule has 0 atom stereocenters. The van der Waals surface area contributed by atoms with E-state index in [0.29, 0.717) is 0 Å². The van der Waals surface area contributed by atoms with Crippen molar-refractivity contribution in [2.45, 2.75) is 64.3 Å². The predicted octanol–water partition coefficient (Wildman–Crippen LogP) is 3.28. The molecular weight excluding hydrogens is 176 g/mol. The van der Waals surface area contributed by atoms with Gasteiger partial charge in [0.1, 0.15) is 0 Å². The molecule has 0 spiro atoms. The molecule has 0 aromatic rings. The first-order valence-electron chi connectivity index (χ1n) is 5.90. The van der Waals surface area contributed by atoms with E-state index in [2.05, 4.69) is 6.92 Å². The first kappa shape index (κ1) is 13.2. The van der Waals surface area contributed by atoms with E-state index in [9.17, 15) is 0 Å². The minimum atomic E-state index is -0.126. The van der Waals surface area contributed by atoms with Crippen molar-refractivity contribution >= 4 is 9.76 Å². The summed E-state index contributed by atoms with van der Waals surface area (Å²) >= 11 is 0. The summed E-state index contributed by atoms with van der Waals surface area (Å²) in [5.74, 6) is 0. The summed E-state index contributed by atoms with van der Waals surface area (Å²) in [5.41, 5.74) is 0. The van der Waals surface area contributed by atoms with Crippen molar-refractivity contribution in [2.24, 2.45) is 0 Å². The molecule has 0 saturated heterocycles. The fraction of sp³-hybridized carbons (Fsp3) is 1.00. The predicted molar refractivity (Wildman–Crippen MR) is 63.0 cm³/mol. The Morgan fingerprint density at radius 2 is 1.38 bits per heavy atom. The summed E-state index contributed by atoms with van der Waals surface area (Å²) in [6.45, 7) is 2.27. The number of unbranched alkanes of at least 4 members (excludes halogenated alkanes) is 7. The smallest absolute Gasteiger partial charge is 0.161 e. The Kier molecular flexibility index (Phi) is 12.3. The van der Waals surface area contributed by atoms with Gasteiger partial charge in [0.25, 0.3) is 0 Å². The zero-order valence-corrected chi connectivity index (χ0v) is 10.9. The van der Waals surface area contributed by atoms with Crippen molar-refractivity contribution in [1.82, 2.24) is 0 Å². The van der Waals surface area contributed by atoms with Crippen molar-refractivity contribution in [3.63, 3.8) is 0 Å². The van der Waals surface area contributed by atoms with Crippen molar-refractivity contribution in [2.75, 3.05) is 7.11 Å². The molecule has 0 aromatic carbocycles. The van der Waals surface area contributed by atoms with E-state index in [1.165, 1.54) is 57.4 Å². The van der Waals surface area contributed by atoms with E-state index in [4.69, 9.17) is 4.43 Å². The van der Waals surface area contributed by atoms with Crippen LogP contribution in [-0.2, 0) is 4.43 Å². The van der Waals surface area contributed by atoms with Gasteiger partial charge in [-0.05, 0) is 6.04 Å². The summed E-state index contributed by atoms with van der Waals surface area (Å²) in [5, 5.41) is 0. The highest BCUT2D eigenvalue weighted by molar-refractivity contribution is 6.26. The maximum Gasteiger partial charge on any atom is 0.161 e. The quantitative estimate of drug-likeness (QED) is 0.390. The summed E-state index contributed by atoms with van der Waals surface area (Å²) in [7, 11) is 1.72. The molecule has 13 heavy (non-hydrogen) atoms. The molecule has 0 saturated carbocycles. The third-order valence-corrected chi connectivity index (χ3v) is 3.65. The number of rotatable bonds is 10. The standard InChI is InChI=1S/C11H26OSi/c1-3-4-5-6-7-8-9-10-11-13-12-2/h3-11,13H2,1-2H3. The Labute approximate surface area is 86.2 Å². The Hall–Kier alpha value is 0.177. The molecule has 0 radical (unpaired) electrons. The second kappa shape index (κ2) is 12.2. The van der Waals surface area contributed by atoms with Crippen LogP contribution in [0, 0.1) is 0 Å². The number of hydrogen-bond acceptors (Lipinski definition) is 1. The van der Waals surface area contributed by atoms with E-state index < -0.39 is 0 Å². The molecule has 0 aliphatic carbocycles. The molecular formula is C11H26OSi. The Balaban J connectivity index is 2.76. The highest BCUT2D eigenvalue weighted by atomic mass is 28.2. The molecule has 0 unspecified atom stereocenters. The SMILES string of the molecule is CCCCCCCCCC[SiH2]OC. The van der Waals surface area contributed by atoms with Gasteiger partial charge in [0.05, 0.1) is 0 Å². The molecule has 0 fully saturated rings. The normalized spacial score (nSPS) is 11.5. The topological polar surface area (TPSA) is 9.23 Å². The third-order valence-electron chi connectivity index (χ3n) is 2.45. The van der Waals surface area contributed by atoms with Crippen LogP contribution < -0.4 is 0 Å². The minimum absolute atomic E-state index is 0.126. The Bertz CT molecular complexity index is 76.2. The molecule has 0 aromatic heterocycles. The van der Waals surface area contributed by atoms with Gasteiger partial charge in [-0.15, -0.1) is 0 Å². The van der Waals surface area contributed by atoms with E-state index >= 15 is 0 Å². The van der Waals surface area contributed by atoms with Crippen LogP contribution in [-0.4, -0.2) is 16.9 Å². The monoisotopic (exact) mass is 202 g/mol. The van der Waals surface area contributed by atoms with Gasteiger partial charge in [0.15, 0.2) is 9.76 Å². The van der Waals surface area contributed by atoms with Crippen LogP contribution in [0.1, 0.15) is 58.3 Å². The molecule has 1 nitrogen and oxygen atoms in total. The van der Waals surface area contributed by atoms with E-state index in [1.807, 2.05) is 7.11 Å². The summed E-state index contributed by atoms with van der Waals surface area (Å²) < 4.78 is 5.14. The lowest BCUT2D eigenvalue weighted by molar-refractivity contribution is 0.438. The van der Waals surface area contributed by atoms with Gasteiger partial charge in [0, 0.05) is 7.11 Å². The van der Waals surface area contributed by atoms with Gasteiger partial charge < -0.3 is 4.43 Å². The maximum absolute atomic E-state index is 5.14. The van der Waals surface area contributed by atoms with Crippen LogP contribution in [0.5, 0.6) is 0 Å². The average molecular weight is 202 g/mol. The van der Waals surface area contributed by atoms with E-state index in [1.54, 1.807) is 0 Å². The molecule has 0 rings (SSSR count). The maximum atomic E-state index is 5.14. The largest absolute Gasteiger partial charge is 0.427 e. The Morgan fingerprint density at radius 1 is 0.846 bits per heavy atom. The third kappa shape index (κ3) is 12.2. The zero-order chi connectivity index (χ0) is 9.78. The molecule has 0 N–H and O–H groups in total. The summed E-state index contributed by atoms with van der Waals surface area (Å²) in [6.07, 6.45) is 11.4. The number of hydrogen-bond donors (Lipinski definition) is 0. The lowest BCUT2D eigenvalue weighted by Gasteiger charge is -2.00. The highest BCUT2D eigenvalue weighted by Crippen LogP contribution is 2.09. The van der Waals surface area contributed by atoms with E-state index in [0.717, 1.165) is 0 Å². The Morgan fingerprint density at radius 3 is 1.92 bits per heavy atom. The van der Waals surface area contributed by atoms with Crippen LogP contribution >= 0.6 is 0 Å². The van der Waals surface area contributed by atoms with Crippen LogP contribution in [0.25, 0.3) is 0 Å². The van der Waals surface area contributed by atoms with Gasteiger partial charge in [-0.3, -0.25) is 0 Å². The van der Waals surface area contributed by atoms with Gasteiger partial charge >= 0.3 is 0 Å². The first-order chi connectivity index (χ1) is 6.41. The fourth-order valence-electron chi connectivity index (χ4n) is 1.56. The van der Waals surface area contributed by atoms with Crippen LogP contribution in [0.2, 0.25) is 6.04 Å². The van der Waals surface area contributed by atoms with Gasteiger partial charge in [-0.1, -0.05) is 58.3 Å². The highest BCUT2D eigenvalue weighted by Gasteiger charge is 1.91. The minimum Gasteiger partial charge on any atom is -0.427 e. The average Bonchev–Trinajstić information content (AvgIpc) is 2.16. The molecule has 2 heteroatoms. The van der Waals surface area contributed by atoms with Gasteiger partial charge in [-0.2, -0.15) is 0 Å². The first-order valence-corrected chi connectivity index (χ1v) is 7.48. The van der Waals surface area contributed by atoms with E-state index in [-0.39, 0.29) is 9.76 Å². The van der Waals surface area contributed by atoms with Crippen molar-refractivity contribution in [3.8, 4) is 0 Å². The van der Waals surface area contributed by atoms with Crippen LogP contribution in [0.15, 0.2) is 0 Å². The lowest BCUT2D eigenvalue weighted by Crippen LogP contribution is -1.91. The molecule has 0 heterocycles. The lowest BCUT2D eigenvalue weighted by atomic mass is 10.1. The van der Waals surface area contributed by atoms with Crippen LogP contribution in [0.4, 0.5) is 0 Å². The molecule has 80 valence electrons. The van der Waals surface area contributed by atoms with Crippen molar-refractivity contribution < 1.29 is 4.43 Å². The van der Waals surface area contributed by atoms with Crippen molar-refractivity contribution in [3.05, 3.63) is 0 Å². The molecule has 0 aliphatic rings. The second-order valence-corrected chi connectivity index (χ2v) is 5.51. The van der Waals surface area contributed by atoms with Crippen LogP contribution in [0.3, 0.4) is 0 Å². The molecule has 0 aliphatic heterocycles.